The first-order valence-corrected chi connectivity index (χ1v) is 17.5. The van der Waals surface area contributed by atoms with Gasteiger partial charge in [0.15, 0.2) is 11.6 Å². The molecule has 2 N–H and O–H groups in total. The predicted octanol–water partition coefficient (Wildman–Crippen LogP) is 8.35. The molecular formula is C43H43N5O3. The number of Topliss-reactive ketones (excluding diaryl/α,β-unsaturated/α-hetero) is 1. The van der Waals surface area contributed by atoms with Crippen molar-refractivity contribution in [3.63, 3.8) is 0 Å². The fourth-order valence-electron chi connectivity index (χ4n) is 6.88. The average molecular weight is 678 g/mol. The number of tetrazole rings is 1. The molecule has 51 heavy (non-hydrogen) atoms. The van der Waals surface area contributed by atoms with E-state index in [1.807, 2.05) is 129 Å². The molecule has 8 nitrogen and oxygen atoms in total. The molecule has 0 aliphatic heterocycles. The Morgan fingerprint density at radius 2 is 1.27 bits per heavy atom. The third-order valence-electron chi connectivity index (χ3n) is 9.44. The van der Waals surface area contributed by atoms with Gasteiger partial charge in [-0.1, -0.05) is 161 Å². The summed E-state index contributed by atoms with van der Waals surface area (Å²) in [6.07, 6.45) is 1.88. The minimum Gasteiger partial charge on any atom is -0.480 e. The summed E-state index contributed by atoms with van der Waals surface area (Å²) in [6, 6.07) is 44.7. The number of carboxylic acids is 1. The van der Waals surface area contributed by atoms with Gasteiger partial charge in [0, 0.05) is 12.0 Å². The summed E-state index contributed by atoms with van der Waals surface area (Å²) < 4.78 is 1.88. The van der Waals surface area contributed by atoms with Gasteiger partial charge in [0.2, 0.25) is 0 Å². The van der Waals surface area contributed by atoms with E-state index in [4.69, 9.17) is 10.3 Å². The molecule has 0 aliphatic carbocycles. The zero-order valence-electron chi connectivity index (χ0n) is 29.2. The van der Waals surface area contributed by atoms with Gasteiger partial charge in [-0.3, -0.25) is 14.9 Å². The molecule has 8 heteroatoms. The summed E-state index contributed by atoms with van der Waals surface area (Å²) >= 11 is 0. The van der Waals surface area contributed by atoms with E-state index in [2.05, 4.69) is 46.9 Å². The summed E-state index contributed by atoms with van der Waals surface area (Å²) in [5.74, 6) is -0.816. The van der Waals surface area contributed by atoms with Crippen molar-refractivity contribution < 1.29 is 14.7 Å². The van der Waals surface area contributed by atoms with Crippen LogP contribution in [-0.2, 0) is 15.1 Å². The molecule has 258 valence electrons. The van der Waals surface area contributed by atoms with E-state index in [0.29, 0.717) is 29.8 Å². The summed E-state index contributed by atoms with van der Waals surface area (Å²) in [4.78, 5) is 26.3. The minimum atomic E-state index is -0.998. The molecule has 0 saturated heterocycles. The van der Waals surface area contributed by atoms with Crippen molar-refractivity contribution >= 4 is 11.8 Å². The highest BCUT2D eigenvalue weighted by molar-refractivity contribution is 5.88. The number of aliphatic carboxylic acids is 1. The number of carbonyl (C=O) groups excluding carboxylic acids is 1. The molecule has 0 fully saturated rings. The van der Waals surface area contributed by atoms with E-state index < -0.39 is 23.6 Å². The molecule has 6 rings (SSSR count). The van der Waals surface area contributed by atoms with Gasteiger partial charge in [-0.05, 0) is 62.2 Å². The zero-order chi connectivity index (χ0) is 35.8. The fourth-order valence-corrected chi connectivity index (χ4v) is 6.88. The van der Waals surface area contributed by atoms with Crippen LogP contribution >= 0.6 is 0 Å². The number of nitrogens with zero attached hydrogens (tertiary/aromatic N) is 4. The van der Waals surface area contributed by atoms with Gasteiger partial charge in [0.05, 0.1) is 6.04 Å². The van der Waals surface area contributed by atoms with E-state index in [9.17, 15) is 14.7 Å². The zero-order valence-corrected chi connectivity index (χ0v) is 29.2. The number of ketones is 1. The Balaban J connectivity index is 1.65. The second kappa shape index (κ2) is 15.9. The van der Waals surface area contributed by atoms with Crippen molar-refractivity contribution in [1.82, 2.24) is 25.5 Å². The van der Waals surface area contributed by atoms with Gasteiger partial charge >= 0.3 is 5.97 Å². The molecule has 1 heterocycles. The van der Waals surface area contributed by atoms with Crippen molar-refractivity contribution in [2.45, 2.75) is 57.7 Å². The van der Waals surface area contributed by atoms with E-state index in [1.54, 1.807) is 0 Å². The lowest BCUT2D eigenvalue weighted by Gasteiger charge is -2.36. The van der Waals surface area contributed by atoms with Crippen molar-refractivity contribution in [1.29, 1.82) is 0 Å². The van der Waals surface area contributed by atoms with Crippen molar-refractivity contribution in [3.05, 3.63) is 162 Å². The van der Waals surface area contributed by atoms with Crippen LogP contribution in [0.5, 0.6) is 0 Å². The lowest BCUT2D eigenvalue weighted by molar-refractivity contribution is -0.141. The van der Waals surface area contributed by atoms with Crippen LogP contribution in [0, 0.1) is 5.92 Å². The molecule has 1 unspecified atom stereocenters. The number of hydrogen-bond acceptors (Lipinski definition) is 6. The molecule has 0 aliphatic rings. The first-order chi connectivity index (χ1) is 24.9. The molecule has 5 aromatic carbocycles. The Morgan fingerprint density at radius 3 is 1.76 bits per heavy atom. The lowest BCUT2D eigenvalue weighted by Crippen LogP contribution is -2.45. The maximum atomic E-state index is 13.9. The summed E-state index contributed by atoms with van der Waals surface area (Å²) in [5.41, 5.74) is 5.08. The Bertz CT molecular complexity index is 1950. The van der Waals surface area contributed by atoms with E-state index in [1.165, 1.54) is 0 Å². The highest BCUT2D eigenvalue weighted by Gasteiger charge is 2.42. The minimum absolute atomic E-state index is 0.0612. The van der Waals surface area contributed by atoms with E-state index in [-0.39, 0.29) is 11.7 Å². The Morgan fingerprint density at radius 1 is 0.745 bits per heavy atom. The number of unbranched alkanes of at least 4 members (excludes halogenated alkanes) is 1. The molecule has 0 radical (unpaired) electrons. The maximum Gasteiger partial charge on any atom is 0.320 e. The first-order valence-electron chi connectivity index (χ1n) is 17.5. The number of carbonyl (C=O) groups is 2. The Hall–Kier alpha value is -5.73. The Kier molecular flexibility index (Phi) is 10.9. The molecule has 0 saturated carbocycles. The molecule has 0 amide bonds. The van der Waals surface area contributed by atoms with Gasteiger partial charge in [0.1, 0.15) is 11.6 Å². The van der Waals surface area contributed by atoms with Crippen LogP contribution in [0.15, 0.2) is 140 Å². The van der Waals surface area contributed by atoms with Crippen molar-refractivity contribution in [2.75, 3.05) is 0 Å². The number of aromatic nitrogens is 4. The summed E-state index contributed by atoms with van der Waals surface area (Å²) in [6.45, 7) is 5.72. The topological polar surface area (TPSA) is 110 Å². The second-order valence-electron chi connectivity index (χ2n) is 13.1. The average Bonchev–Trinajstić information content (AvgIpc) is 3.66. The smallest absolute Gasteiger partial charge is 0.320 e. The van der Waals surface area contributed by atoms with Gasteiger partial charge in [0.25, 0.3) is 0 Å². The van der Waals surface area contributed by atoms with Gasteiger partial charge in [-0.25, -0.2) is 4.68 Å². The number of rotatable bonds is 15. The number of benzene rings is 5. The van der Waals surface area contributed by atoms with Crippen LogP contribution in [-0.4, -0.2) is 43.1 Å². The molecule has 0 bridgehead atoms. The quantitative estimate of drug-likeness (QED) is 0.105. The molecule has 1 aromatic heterocycles. The van der Waals surface area contributed by atoms with Gasteiger partial charge in [-0.2, -0.15) is 0 Å². The van der Waals surface area contributed by atoms with Gasteiger partial charge in [-0.15, -0.1) is 5.10 Å². The van der Waals surface area contributed by atoms with Crippen LogP contribution < -0.4 is 5.32 Å². The highest BCUT2D eigenvalue weighted by Crippen LogP contribution is 2.44. The van der Waals surface area contributed by atoms with Crippen molar-refractivity contribution in [3.8, 4) is 22.5 Å². The summed E-state index contributed by atoms with van der Waals surface area (Å²) in [7, 11) is 0. The van der Waals surface area contributed by atoms with E-state index >= 15 is 0 Å². The monoisotopic (exact) mass is 677 g/mol. The number of carboxylic acid groups (broad SMARTS) is 1. The maximum absolute atomic E-state index is 13.9. The van der Waals surface area contributed by atoms with Crippen LogP contribution in [0.4, 0.5) is 0 Å². The van der Waals surface area contributed by atoms with Crippen LogP contribution in [0.1, 0.15) is 68.3 Å². The highest BCUT2D eigenvalue weighted by atomic mass is 16.4. The molecule has 2 atom stereocenters. The predicted molar refractivity (Wildman–Crippen MR) is 200 cm³/mol. The second-order valence-corrected chi connectivity index (χ2v) is 13.1. The van der Waals surface area contributed by atoms with E-state index in [0.717, 1.165) is 34.2 Å². The number of hydrogen-bond donors (Lipinski definition) is 2. The Labute approximate surface area is 299 Å². The van der Waals surface area contributed by atoms with Crippen LogP contribution in [0.25, 0.3) is 22.5 Å². The fraction of sp³-hybridized carbons (Fsp3) is 0.233. The molecule has 6 aromatic rings. The van der Waals surface area contributed by atoms with Crippen LogP contribution in [0.2, 0.25) is 0 Å². The van der Waals surface area contributed by atoms with Gasteiger partial charge < -0.3 is 5.11 Å². The lowest BCUT2D eigenvalue weighted by atomic mass is 9.76. The van der Waals surface area contributed by atoms with Crippen LogP contribution in [0.3, 0.4) is 0 Å². The standard InChI is InChI=1S/C43H43N5O3/c1-4-5-26-38(49)40(44-39(30(2)3)42(50)51)32-27-28-36(31-18-10-6-11-19-31)37(29-32)41-45-46-47-48(41)43(33-20-12-7-13-21-33,34-22-14-8-15-23-34)35-24-16-9-17-25-35/h6-25,27-30,39-40,44H,4-5,26H2,1-3H3,(H,50,51)/t39-,40?/m0/s1. The third kappa shape index (κ3) is 7.14. The first kappa shape index (κ1) is 35.1. The normalized spacial score (nSPS) is 12.8. The molecule has 0 spiro atoms. The largest absolute Gasteiger partial charge is 0.480 e. The SMILES string of the molecule is CCCCC(=O)C(N[C@H](C(=O)O)C(C)C)c1ccc(-c2ccccc2)c(-c2nnnn2C(c2ccccc2)(c2ccccc2)c2ccccc2)c1. The summed E-state index contributed by atoms with van der Waals surface area (Å²) in [5, 5.41) is 27.2. The number of nitrogens with one attached hydrogen (secondary N) is 1. The third-order valence-corrected chi connectivity index (χ3v) is 9.44. The van der Waals surface area contributed by atoms with Crippen molar-refractivity contribution in [2.24, 2.45) is 5.92 Å². The molecular weight excluding hydrogens is 635 g/mol.